The first-order valence-electron chi connectivity index (χ1n) is 7.56. The first kappa shape index (κ1) is 16.3. The van der Waals surface area contributed by atoms with Crippen LogP contribution in [0, 0.1) is 5.92 Å². The van der Waals surface area contributed by atoms with E-state index >= 15 is 0 Å². The number of likely N-dealkylation sites (N-methyl/N-ethyl adjacent to an activating group) is 1. The molecule has 1 atom stereocenters. The SMILES string of the molecule is CSCCC(C)N(C)CCNC1CCC(C)CC1. The Hall–Kier alpha value is 0.270. The second-order valence-corrected chi connectivity index (χ2v) is 7.01. The summed E-state index contributed by atoms with van der Waals surface area (Å²) in [6.45, 7) is 7.07. The van der Waals surface area contributed by atoms with Gasteiger partial charge in [0.2, 0.25) is 0 Å². The molecule has 1 unspecified atom stereocenters. The van der Waals surface area contributed by atoms with Gasteiger partial charge in [0.1, 0.15) is 0 Å². The van der Waals surface area contributed by atoms with Crippen molar-refractivity contribution in [3.63, 3.8) is 0 Å². The van der Waals surface area contributed by atoms with Crippen LogP contribution in [0.2, 0.25) is 0 Å². The second-order valence-electron chi connectivity index (χ2n) is 6.02. The van der Waals surface area contributed by atoms with E-state index in [-0.39, 0.29) is 0 Å². The number of hydrogen-bond donors (Lipinski definition) is 1. The molecule has 108 valence electrons. The predicted molar refractivity (Wildman–Crippen MR) is 84.5 cm³/mol. The molecular formula is C15H32N2S. The lowest BCUT2D eigenvalue weighted by Gasteiger charge is -2.29. The number of nitrogens with zero attached hydrogens (tertiary/aromatic N) is 1. The van der Waals surface area contributed by atoms with E-state index in [0.29, 0.717) is 6.04 Å². The minimum atomic E-state index is 0.714. The summed E-state index contributed by atoms with van der Waals surface area (Å²) in [6.07, 6.45) is 9.09. The van der Waals surface area contributed by atoms with Crippen LogP contribution in [0.5, 0.6) is 0 Å². The Morgan fingerprint density at radius 1 is 1.28 bits per heavy atom. The third kappa shape index (κ3) is 6.44. The van der Waals surface area contributed by atoms with Crippen molar-refractivity contribution in [2.24, 2.45) is 5.92 Å². The van der Waals surface area contributed by atoms with E-state index in [1.165, 1.54) is 44.4 Å². The van der Waals surface area contributed by atoms with Gasteiger partial charge in [0.05, 0.1) is 0 Å². The van der Waals surface area contributed by atoms with Crippen LogP contribution in [0.15, 0.2) is 0 Å². The van der Waals surface area contributed by atoms with Crippen molar-refractivity contribution in [1.82, 2.24) is 10.2 Å². The first-order valence-corrected chi connectivity index (χ1v) is 8.95. The lowest BCUT2D eigenvalue weighted by atomic mass is 9.87. The Morgan fingerprint density at radius 2 is 1.94 bits per heavy atom. The Bertz CT molecular complexity index is 203. The van der Waals surface area contributed by atoms with Crippen molar-refractivity contribution in [1.29, 1.82) is 0 Å². The van der Waals surface area contributed by atoms with Crippen molar-refractivity contribution in [2.75, 3.05) is 32.1 Å². The van der Waals surface area contributed by atoms with Crippen LogP contribution in [0.4, 0.5) is 0 Å². The maximum Gasteiger partial charge on any atom is 0.0107 e. The van der Waals surface area contributed by atoms with Gasteiger partial charge in [0.25, 0.3) is 0 Å². The van der Waals surface area contributed by atoms with Gasteiger partial charge >= 0.3 is 0 Å². The van der Waals surface area contributed by atoms with Crippen molar-refractivity contribution in [3.8, 4) is 0 Å². The Kier molecular flexibility index (Phi) is 8.36. The van der Waals surface area contributed by atoms with E-state index in [9.17, 15) is 0 Å². The molecule has 0 bridgehead atoms. The molecule has 0 spiro atoms. The summed E-state index contributed by atoms with van der Waals surface area (Å²) in [4.78, 5) is 2.49. The largest absolute Gasteiger partial charge is 0.313 e. The van der Waals surface area contributed by atoms with Gasteiger partial charge in [-0.2, -0.15) is 11.8 Å². The normalized spacial score (nSPS) is 26.5. The molecule has 0 amide bonds. The highest BCUT2D eigenvalue weighted by atomic mass is 32.2. The Morgan fingerprint density at radius 3 is 2.56 bits per heavy atom. The van der Waals surface area contributed by atoms with Gasteiger partial charge in [-0.05, 0) is 64.0 Å². The highest BCUT2D eigenvalue weighted by Crippen LogP contribution is 2.23. The molecule has 1 aliphatic rings. The van der Waals surface area contributed by atoms with E-state index < -0.39 is 0 Å². The fourth-order valence-corrected chi connectivity index (χ4v) is 3.22. The van der Waals surface area contributed by atoms with Gasteiger partial charge in [0.15, 0.2) is 0 Å². The van der Waals surface area contributed by atoms with Crippen LogP contribution in [-0.4, -0.2) is 49.1 Å². The van der Waals surface area contributed by atoms with Crippen LogP contribution >= 0.6 is 11.8 Å². The van der Waals surface area contributed by atoms with E-state index in [1.807, 2.05) is 11.8 Å². The first-order chi connectivity index (χ1) is 8.63. The molecule has 1 rings (SSSR count). The molecule has 1 N–H and O–H groups in total. The van der Waals surface area contributed by atoms with Crippen molar-refractivity contribution in [3.05, 3.63) is 0 Å². The van der Waals surface area contributed by atoms with Gasteiger partial charge in [-0.25, -0.2) is 0 Å². The second kappa shape index (κ2) is 9.22. The monoisotopic (exact) mass is 272 g/mol. The molecule has 0 aliphatic heterocycles. The summed E-state index contributed by atoms with van der Waals surface area (Å²) < 4.78 is 0. The molecule has 3 heteroatoms. The zero-order chi connectivity index (χ0) is 13.4. The summed E-state index contributed by atoms with van der Waals surface area (Å²) in [6, 6.07) is 1.50. The van der Waals surface area contributed by atoms with Crippen LogP contribution in [0.3, 0.4) is 0 Å². The maximum atomic E-state index is 3.74. The number of hydrogen-bond acceptors (Lipinski definition) is 3. The minimum Gasteiger partial charge on any atom is -0.313 e. The molecule has 0 aromatic heterocycles. The maximum absolute atomic E-state index is 3.74. The van der Waals surface area contributed by atoms with E-state index in [1.54, 1.807) is 0 Å². The molecule has 0 aromatic carbocycles. The predicted octanol–water partition coefficient (Wildman–Crippen LogP) is 3.23. The summed E-state index contributed by atoms with van der Waals surface area (Å²) >= 11 is 1.95. The number of rotatable bonds is 8. The average molecular weight is 273 g/mol. The fourth-order valence-electron chi connectivity index (χ4n) is 2.64. The molecule has 0 saturated heterocycles. The van der Waals surface area contributed by atoms with Crippen molar-refractivity contribution >= 4 is 11.8 Å². The Labute approximate surface area is 118 Å². The lowest BCUT2D eigenvalue weighted by Crippen LogP contribution is -2.40. The molecule has 18 heavy (non-hydrogen) atoms. The summed E-state index contributed by atoms with van der Waals surface area (Å²) in [5.41, 5.74) is 0. The standard InChI is InChI=1S/C15H32N2S/c1-13-5-7-15(8-6-13)16-10-11-17(3)14(2)9-12-18-4/h13-16H,5-12H2,1-4H3. The third-order valence-corrected chi connectivity index (χ3v) is 5.05. The fraction of sp³-hybridized carbons (Fsp3) is 1.00. The quantitative estimate of drug-likeness (QED) is 0.730. The van der Waals surface area contributed by atoms with Gasteiger partial charge in [0, 0.05) is 25.2 Å². The summed E-state index contributed by atoms with van der Waals surface area (Å²) in [5.74, 6) is 2.23. The molecule has 1 saturated carbocycles. The van der Waals surface area contributed by atoms with Crippen LogP contribution in [0.25, 0.3) is 0 Å². The summed E-state index contributed by atoms with van der Waals surface area (Å²) in [5, 5.41) is 3.74. The zero-order valence-corrected chi connectivity index (χ0v) is 13.6. The van der Waals surface area contributed by atoms with Gasteiger partial charge in [-0.3, -0.25) is 0 Å². The molecule has 2 nitrogen and oxygen atoms in total. The molecule has 1 aliphatic carbocycles. The number of nitrogens with one attached hydrogen (secondary N) is 1. The summed E-state index contributed by atoms with van der Waals surface area (Å²) in [7, 11) is 2.26. The van der Waals surface area contributed by atoms with E-state index in [2.05, 4.69) is 37.4 Å². The smallest absolute Gasteiger partial charge is 0.0107 e. The Balaban J connectivity index is 2.06. The highest BCUT2D eigenvalue weighted by Gasteiger charge is 2.17. The highest BCUT2D eigenvalue weighted by molar-refractivity contribution is 7.98. The number of thioether (sulfide) groups is 1. The van der Waals surface area contributed by atoms with Gasteiger partial charge in [-0.1, -0.05) is 6.92 Å². The molecular weight excluding hydrogens is 240 g/mol. The molecule has 0 radical (unpaired) electrons. The average Bonchev–Trinajstić information content (AvgIpc) is 2.38. The van der Waals surface area contributed by atoms with Crippen molar-refractivity contribution < 1.29 is 0 Å². The lowest BCUT2D eigenvalue weighted by molar-refractivity contribution is 0.238. The molecule has 0 aromatic rings. The van der Waals surface area contributed by atoms with Crippen LogP contribution in [-0.2, 0) is 0 Å². The minimum absolute atomic E-state index is 0.714. The van der Waals surface area contributed by atoms with E-state index in [4.69, 9.17) is 0 Å². The molecule has 1 fully saturated rings. The van der Waals surface area contributed by atoms with Crippen LogP contribution in [0.1, 0.15) is 46.0 Å². The van der Waals surface area contributed by atoms with Gasteiger partial charge < -0.3 is 10.2 Å². The van der Waals surface area contributed by atoms with E-state index in [0.717, 1.165) is 18.5 Å². The topological polar surface area (TPSA) is 15.3 Å². The van der Waals surface area contributed by atoms with Crippen molar-refractivity contribution in [2.45, 2.75) is 58.0 Å². The third-order valence-electron chi connectivity index (χ3n) is 4.41. The molecule has 0 heterocycles. The zero-order valence-electron chi connectivity index (χ0n) is 12.7. The van der Waals surface area contributed by atoms with Crippen LogP contribution < -0.4 is 5.32 Å². The van der Waals surface area contributed by atoms with Gasteiger partial charge in [-0.15, -0.1) is 0 Å².